The average Bonchev–Trinajstić information content (AvgIpc) is 3.58. The molecule has 1 N–H and O–H groups in total. The molecule has 1 saturated heterocycles. The summed E-state index contributed by atoms with van der Waals surface area (Å²) < 4.78 is 0. The first kappa shape index (κ1) is 22.8. The molecule has 4 aromatic carbocycles. The summed E-state index contributed by atoms with van der Waals surface area (Å²) in [4.78, 5) is 20.2. The predicted octanol–water partition coefficient (Wildman–Crippen LogP) is 6.89. The van der Waals surface area contributed by atoms with Crippen molar-refractivity contribution in [2.75, 3.05) is 18.0 Å². The molecule has 0 unspecified atom stereocenters. The molecule has 1 amide bonds. The highest BCUT2D eigenvalue weighted by atomic mass is 35.5. The molecule has 6 rings (SSSR count). The molecule has 0 radical (unpaired) electrons. The molecule has 2 heterocycles. The highest BCUT2D eigenvalue weighted by Crippen LogP contribution is 2.33. The highest BCUT2D eigenvalue weighted by molar-refractivity contribution is 6.31. The molecule has 2 aliphatic rings. The summed E-state index contributed by atoms with van der Waals surface area (Å²) in [6, 6.07) is 26.5. The van der Waals surface area contributed by atoms with Crippen LogP contribution in [0.3, 0.4) is 0 Å². The van der Waals surface area contributed by atoms with Gasteiger partial charge in [0.15, 0.2) is 0 Å². The van der Waals surface area contributed by atoms with Gasteiger partial charge in [-0.15, -0.1) is 0 Å². The van der Waals surface area contributed by atoms with Gasteiger partial charge in [-0.3, -0.25) is 9.79 Å². The van der Waals surface area contributed by atoms with Gasteiger partial charge in [0.2, 0.25) is 0 Å². The molecule has 5 heteroatoms. The Morgan fingerprint density at radius 3 is 2.61 bits per heavy atom. The largest absolute Gasteiger partial charge is 0.371 e. The summed E-state index contributed by atoms with van der Waals surface area (Å²) in [5.74, 6) is -0.0818. The molecule has 0 atom stereocenters. The van der Waals surface area contributed by atoms with E-state index < -0.39 is 0 Å². The van der Waals surface area contributed by atoms with Crippen molar-refractivity contribution < 1.29 is 4.79 Å². The van der Waals surface area contributed by atoms with Gasteiger partial charge >= 0.3 is 0 Å². The minimum atomic E-state index is -0.0818. The molecular weight excluding hydrogens is 466 g/mol. The van der Waals surface area contributed by atoms with E-state index in [9.17, 15) is 4.79 Å². The maximum absolute atomic E-state index is 12.8. The number of halogens is 1. The SMILES string of the molecule is O=C(NCc1ccc(Cl)c(CC2=Nc3cc(N4CCCC4)ccc3C2)c1)c1ccc2ccccc2c1. The van der Waals surface area contributed by atoms with E-state index >= 15 is 0 Å². The van der Waals surface area contributed by atoms with Gasteiger partial charge < -0.3 is 10.2 Å². The van der Waals surface area contributed by atoms with Crippen LogP contribution in [0.2, 0.25) is 5.02 Å². The van der Waals surface area contributed by atoms with Crippen molar-refractivity contribution in [1.82, 2.24) is 5.32 Å². The summed E-state index contributed by atoms with van der Waals surface area (Å²) in [6.45, 7) is 2.71. The zero-order valence-corrected chi connectivity index (χ0v) is 20.9. The zero-order chi connectivity index (χ0) is 24.5. The van der Waals surface area contributed by atoms with Crippen LogP contribution in [-0.4, -0.2) is 24.7 Å². The van der Waals surface area contributed by atoms with Crippen molar-refractivity contribution in [2.45, 2.75) is 32.2 Å². The van der Waals surface area contributed by atoms with Crippen molar-refractivity contribution in [1.29, 1.82) is 0 Å². The Kier molecular flexibility index (Phi) is 6.20. The number of amides is 1. The average molecular weight is 494 g/mol. The van der Waals surface area contributed by atoms with Crippen LogP contribution in [0, 0.1) is 0 Å². The number of nitrogens with zero attached hydrogens (tertiary/aromatic N) is 2. The van der Waals surface area contributed by atoms with E-state index in [0.29, 0.717) is 18.5 Å². The van der Waals surface area contributed by atoms with E-state index in [2.05, 4.69) is 34.5 Å². The quantitative estimate of drug-likeness (QED) is 0.317. The fourth-order valence-electron chi connectivity index (χ4n) is 5.22. The van der Waals surface area contributed by atoms with Crippen LogP contribution >= 0.6 is 11.6 Å². The van der Waals surface area contributed by atoms with Gasteiger partial charge in [0, 0.05) is 54.5 Å². The lowest BCUT2D eigenvalue weighted by atomic mass is 10.0. The lowest BCUT2D eigenvalue weighted by molar-refractivity contribution is 0.0951. The van der Waals surface area contributed by atoms with Crippen molar-refractivity contribution in [3.05, 3.63) is 106 Å². The van der Waals surface area contributed by atoms with E-state index in [1.54, 1.807) is 0 Å². The van der Waals surface area contributed by atoms with E-state index in [1.165, 1.54) is 24.1 Å². The lowest BCUT2D eigenvalue weighted by Gasteiger charge is -2.17. The van der Waals surface area contributed by atoms with Crippen LogP contribution in [0.15, 0.2) is 83.9 Å². The molecule has 4 nitrogen and oxygen atoms in total. The first-order valence-corrected chi connectivity index (χ1v) is 13.0. The number of rotatable bonds is 6. The van der Waals surface area contributed by atoms with Gasteiger partial charge in [-0.1, -0.05) is 60.1 Å². The monoisotopic (exact) mass is 493 g/mol. The summed E-state index contributed by atoms with van der Waals surface area (Å²) in [6.07, 6.45) is 4.10. The summed E-state index contributed by atoms with van der Waals surface area (Å²) in [5.41, 5.74) is 7.50. The molecule has 0 spiro atoms. The molecule has 1 fully saturated rings. The molecule has 4 aromatic rings. The van der Waals surface area contributed by atoms with Crippen molar-refractivity contribution in [3.63, 3.8) is 0 Å². The molecule has 2 aliphatic heterocycles. The van der Waals surface area contributed by atoms with Crippen LogP contribution < -0.4 is 10.2 Å². The normalized spacial score (nSPS) is 14.7. The standard InChI is InChI=1S/C31H28ClN3O/c32-29-12-7-21(20-33-31(36)25-9-8-22-5-1-2-6-23(22)16-25)15-26(29)18-27-17-24-10-11-28(19-30(24)34-27)35-13-3-4-14-35/h1-2,5-12,15-16,19H,3-4,13-14,17-18,20H2,(H,33,36). The van der Waals surface area contributed by atoms with Gasteiger partial charge in [0.1, 0.15) is 0 Å². The number of nitrogens with one attached hydrogen (secondary N) is 1. The van der Waals surface area contributed by atoms with Crippen LogP contribution in [0.25, 0.3) is 10.8 Å². The smallest absolute Gasteiger partial charge is 0.251 e. The molecular formula is C31H28ClN3O. The Balaban J connectivity index is 1.13. The number of hydrogen-bond donors (Lipinski definition) is 1. The Morgan fingerprint density at radius 1 is 0.917 bits per heavy atom. The zero-order valence-electron chi connectivity index (χ0n) is 20.1. The van der Waals surface area contributed by atoms with E-state index in [0.717, 1.165) is 57.8 Å². The van der Waals surface area contributed by atoms with Crippen LogP contribution in [-0.2, 0) is 19.4 Å². The van der Waals surface area contributed by atoms with E-state index in [1.807, 2.05) is 54.6 Å². The Labute approximate surface area is 216 Å². The third-order valence-corrected chi connectivity index (χ3v) is 7.55. The van der Waals surface area contributed by atoms with E-state index in [4.69, 9.17) is 16.6 Å². The fraction of sp³-hybridized carbons (Fsp3) is 0.226. The Bertz CT molecular complexity index is 1490. The summed E-state index contributed by atoms with van der Waals surface area (Å²) in [7, 11) is 0. The fourth-order valence-corrected chi connectivity index (χ4v) is 5.40. The minimum absolute atomic E-state index is 0.0818. The van der Waals surface area contributed by atoms with Crippen molar-refractivity contribution in [3.8, 4) is 0 Å². The van der Waals surface area contributed by atoms with Crippen LogP contribution in [0.5, 0.6) is 0 Å². The number of anilines is 1. The molecule has 180 valence electrons. The molecule has 36 heavy (non-hydrogen) atoms. The third kappa shape index (κ3) is 4.74. The van der Waals surface area contributed by atoms with Crippen LogP contribution in [0.1, 0.15) is 39.9 Å². The van der Waals surface area contributed by atoms with Crippen molar-refractivity contribution in [2.24, 2.45) is 4.99 Å². The topological polar surface area (TPSA) is 44.7 Å². The molecule has 0 aliphatic carbocycles. The number of carbonyl (C=O) groups is 1. The molecule has 0 aromatic heterocycles. The summed E-state index contributed by atoms with van der Waals surface area (Å²) in [5, 5.41) is 5.97. The first-order valence-electron chi connectivity index (χ1n) is 12.6. The second-order valence-electron chi connectivity index (χ2n) is 9.71. The van der Waals surface area contributed by atoms with Crippen molar-refractivity contribution >= 4 is 45.4 Å². The number of fused-ring (bicyclic) bond motifs is 2. The highest BCUT2D eigenvalue weighted by Gasteiger charge is 2.19. The predicted molar refractivity (Wildman–Crippen MR) is 149 cm³/mol. The minimum Gasteiger partial charge on any atom is -0.371 e. The Hall–Kier alpha value is -3.63. The number of hydrogen-bond acceptors (Lipinski definition) is 3. The maximum atomic E-state index is 12.8. The molecule has 0 saturated carbocycles. The lowest BCUT2D eigenvalue weighted by Crippen LogP contribution is -2.22. The van der Waals surface area contributed by atoms with Crippen LogP contribution in [0.4, 0.5) is 11.4 Å². The number of carbonyl (C=O) groups excluding carboxylic acids is 1. The van der Waals surface area contributed by atoms with Gasteiger partial charge in [0.05, 0.1) is 5.69 Å². The number of aliphatic imine (C=N–C) groups is 1. The van der Waals surface area contributed by atoms with Gasteiger partial charge in [0.25, 0.3) is 5.91 Å². The number of benzene rings is 4. The van der Waals surface area contributed by atoms with Gasteiger partial charge in [-0.05, 0) is 70.6 Å². The van der Waals surface area contributed by atoms with E-state index in [-0.39, 0.29) is 5.91 Å². The first-order chi connectivity index (χ1) is 17.6. The van der Waals surface area contributed by atoms with Gasteiger partial charge in [-0.25, -0.2) is 0 Å². The molecule has 0 bridgehead atoms. The Morgan fingerprint density at radius 2 is 1.75 bits per heavy atom. The second kappa shape index (κ2) is 9.79. The maximum Gasteiger partial charge on any atom is 0.251 e. The summed E-state index contributed by atoms with van der Waals surface area (Å²) >= 11 is 6.56. The van der Waals surface area contributed by atoms with Gasteiger partial charge in [-0.2, -0.15) is 0 Å². The second-order valence-corrected chi connectivity index (χ2v) is 10.1. The third-order valence-electron chi connectivity index (χ3n) is 7.18.